The van der Waals surface area contributed by atoms with Gasteiger partial charge < -0.3 is 4.52 Å². The van der Waals surface area contributed by atoms with E-state index in [9.17, 15) is 8.42 Å². The minimum atomic E-state index is -3.47. The number of aryl methyl sites for hydroxylation is 2. The second kappa shape index (κ2) is 5.93. The molecule has 1 aliphatic heterocycles. The first kappa shape index (κ1) is 15.0. The van der Waals surface area contributed by atoms with Gasteiger partial charge in [0.05, 0.1) is 0 Å². The Bertz CT molecular complexity index is 522. The summed E-state index contributed by atoms with van der Waals surface area (Å²) in [4.78, 5) is 0.248. The van der Waals surface area contributed by atoms with Crippen LogP contribution in [0, 0.1) is 13.8 Å². The zero-order valence-electron chi connectivity index (χ0n) is 11.2. The highest BCUT2D eigenvalue weighted by molar-refractivity contribution is 9.09. The molecule has 1 aliphatic rings. The van der Waals surface area contributed by atoms with Crippen LogP contribution in [0.25, 0.3) is 0 Å². The van der Waals surface area contributed by atoms with E-state index in [0.717, 1.165) is 31.0 Å². The van der Waals surface area contributed by atoms with Gasteiger partial charge in [-0.1, -0.05) is 21.1 Å². The lowest BCUT2D eigenvalue weighted by Crippen LogP contribution is -2.36. The zero-order chi connectivity index (χ0) is 14.0. The summed E-state index contributed by atoms with van der Waals surface area (Å²) >= 11 is 3.40. The number of hydrogen-bond donors (Lipinski definition) is 0. The lowest BCUT2D eigenvalue weighted by Gasteiger charge is -2.23. The molecule has 7 heteroatoms. The van der Waals surface area contributed by atoms with Crippen LogP contribution < -0.4 is 0 Å². The Morgan fingerprint density at radius 3 is 2.79 bits per heavy atom. The van der Waals surface area contributed by atoms with E-state index in [0.29, 0.717) is 18.0 Å². The molecule has 0 aliphatic carbocycles. The van der Waals surface area contributed by atoms with E-state index in [1.165, 1.54) is 0 Å². The molecule has 1 unspecified atom stereocenters. The van der Waals surface area contributed by atoms with Crippen molar-refractivity contribution in [2.75, 3.05) is 11.9 Å². The van der Waals surface area contributed by atoms with Crippen molar-refractivity contribution in [3.63, 3.8) is 0 Å². The standard InChI is InChI=1S/C12H19BrN2O3S/c1-9-12(10(2)18-14-9)19(16,17)15-8-4-6-11(15)5-3-7-13/h11H,3-8H2,1-2H3. The normalized spacial score (nSPS) is 21.1. The van der Waals surface area contributed by atoms with Crippen LogP contribution in [-0.2, 0) is 10.0 Å². The fourth-order valence-corrected chi connectivity index (χ4v) is 5.03. The second-order valence-electron chi connectivity index (χ2n) is 4.90. The van der Waals surface area contributed by atoms with Crippen molar-refractivity contribution in [1.29, 1.82) is 0 Å². The monoisotopic (exact) mass is 350 g/mol. The minimum Gasteiger partial charge on any atom is -0.360 e. The summed E-state index contributed by atoms with van der Waals surface area (Å²) in [6, 6.07) is 0.108. The van der Waals surface area contributed by atoms with Gasteiger partial charge in [0.25, 0.3) is 0 Å². The third-order valence-corrected chi connectivity index (χ3v) is 6.29. The summed E-state index contributed by atoms with van der Waals surface area (Å²) < 4.78 is 32.1. The largest absolute Gasteiger partial charge is 0.360 e. The number of halogens is 1. The minimum absolute atomic E-state index is 0.108. The van der Waals surface area contributed by atoms with Crippen LogP contribution in [0.1, 0.15) is 37.1 Å². The molecule has 1 atom stereocenters. The number of nitrogens with zero attached hydrogens (tertiary/aromatic N) is 2. The molecule has 2 heterocycles. The zero-order valence-corrected chi connectivity index (χ0v) is 13.6. The Hall–Kier alpha value is -0.400. The summed E-state index contributed by atoms with van der Waals surface area (Å²) in [5.74, 6) is 0.378. The number of rotatable bonds is 5. The molecular formula is C12H19BrN2O3S. The van der Waals surface area contributed by atoms with Crippen molar-refractivity contribution in [3.8, 4) is 0 Å². The summed E-state index contributed by atoms with van der Waals surface area (Å²) in [5.41, 5.74) is 0.448. The van der Waals surface area contributed by atoms with Gasteiger partial charge in [-0.05, 0) is 39.5 Å². The molecular weight excluding hydrogens is 332 g/mol. The van der Waals surface area contributed by atoms with Crippen LogP contribution in [0.5, 0.6) is 0 Å². The Balaban J connectivity index is 2.29. The maximum atomic E-state index is 12.7. The molecule has 0 N–H and O–H groups in total. The van der Waals surface area contributed by atoms with Crippen molar-refractivity contribution in [1.82, 2.24) is 9.46 Å². The average molecular weight is 351 g/mol. The predicted octanol–water partition coefficient (Wildman–Crippen LogP) is 2.62. The molecule has 1 fully saturated rings. The Morgan fingerprint density at radius 1 is 1.47 bits per heavy atom. The first-order chi connectivity index (χ1) is 8.98. The fourth-order valence-electron chi connectivity index (χ4n) is 2.69. The van der Waals surface area contributed by atoms with Gasteiger partial charge in [0.15, 0.2) is 5.76 Å². The molecule has 0 radical (unpaired) electrons. The number of sulfonamides is 1. The van der Waals surface area contributed by atoms with Gasteiger partial charge in [-0.25, -0.2) is 8.42 Å². The van der Waals surface area contributed by atoms with Crippen molar-refractivity contribution in [2.24, 2.45) is 0 Å². The SMILES string of the molecule is Cc1noc(C)c1S(=O)(=O)N1CCCC1CCCBr. The number of aromatic nitrogens is 1. The molecule has 2 rings (SSSR count). The average Bonchev–Trinajstić information content (AvgIpc) is 2.94. The van der Waals surface area contributed by atoms with E-state index >= 15 is 0 Å². The third kappa shape index (κ3) is 2.87. The molecule has 0 aromatic carbocycles. The highest BCUT2D eigenvalue weighted by Crippen LogP contribution is 2.31. The molecule has 108 valence electrons. The summed E-state index contributed by atoms with van der Waals surface area (Å²) in [6.45, 7) is 3.92. The maximum Gasteiger partial charge on any atom is 0.248 e. The van der Waals surface area contributed by atoms with Crippen LogP contribution in [0.15, 0.2) is 9.42 Å². The lowest BCUT2D eigenvalue weighted by molar-refractivity contribution is 0.366. The van der Waals surface area contributed by atoms with Crippen molar-refractivity contribution < 1.29 is 12.9 Å². The van der Waals surface area contributed by atoms with Crippen molar-refractivity contribution in [2.45, 2.75) is 50.5 Å². The second-order valence-corrected chi connectivity index (χ2v) is 7.52. The molecule has 0 spiro atoms. The van der Waals surface area contributed by atoms with Gasteiger partial charge in [-0.15, -0.1) is 0 Å². The third-order valence-electron chi connectivity index (χ3n) is 3.53. The molecule has 0 bridgehead atoms. The number of hydrogen-bond acceptors (Lipinski definition) is 4. The smallest absolute Gasteiger partial charge is 0.248 e. The molecule has 5 nitrogen and oxygen atoms in total. The molecule has 1 aromatic heterocycles. The maximum absolute atomic E-state index is 12.7. The van der Waals surface area contributed by atoms with Crippen molar-refractivity contribution in [3.05, 3.63) is 11.5 Å². The van der Waals surface area contributed by atoms with Gasteiger partial charge >= 0.3 is 0 Å². The van der Waals surface area contributed by atoms with E-state index in [1.807, 2.05) is 0 Å². The van der Waals surface area contributed by atoms with Gasteiger partial charge in [-0.2, -0.15) is 4.31 Å². The Kier molecular flexibility index (Phi) is 4.68. The van der Waals surface area contributed by atoms with Gasteiger partial charge in [-0.3, -0.25) is 0 Å². The van der Waals surface area contributed by atoms with Crippen LogP contribution in [0.3, 0.4) is 0 Å². The number of alkyl halides is 1. The highest BCUT2D eigenvalue weighted by atomic mass is 79.9. The van der Waals surface area contributed by atoms with Crippen molar-refractivity contribution >= 4 is 26.0 Å². The summed E-state index contributed by atoms with van der Waals surface area (Å²) in [6.07, 6.45) is 3.75. The van der Waals surface area contributed by atoms with E-state index < -0.39 is 10.0 Å². The van der Waals surface area contributed by atoms with E-state index in [1.54, 1.807) is 18.2 Å². The van der Waals surface area contributed by atoms with E-state index in [4.69, 9.17) is 4.52 Å². The Morgan fingerprint density at radius 2 is 2.21 bits per heavy atom. The van der Waals surface area contributed by atoms with Gasteiger partial charge in [0.2, 0.25) is 10.0 Å². The van der Waals surface area contributed by atoms with Gasteiger partial charge in [0.1, 0.15) is 10.6 Å². The van der Waals surface area contributed by atoms with E-state index in [2.05, 4.69) is 21.1 Å². The molecule has 0 amide bonds. The Labute approximate surface area is 122 Å². The van der Waals surface area contributed by atoms with Gasteiger partial charge in [0, 0.05) is 17.9 Å². The quantitative estimate of drug-likeness (QED) is 0.765. The molecule has 1 saturated heterocycles. The molecule has 19 heavy (non-hydrogen) atoms. The van der Waals surface area contributed by atoms with Crippen LogP contribution in [-0.4, -0.2) is 35.8 Å². The van der Waals surface area contributed by atoms with Crippen LogP contribution >= 0.6 is 15.9 Å². The highest BCUT2D eigenvalue weighted by Gasteiger charge is 2.38. The molecule has 1 aromatic rings. The topological polar surface area (TPSA) is 63.4 Å². The fraction of sp³-hybridized carbons (Fsp3) is 0.750. The lowest BCUT2D eigenvalue weighted by atomic mass is 10.1. The summed E-state index contributed by atoms with van der Waals surface area (Å²) in [5, 5.41) is 4.66. The first-order valence-electron chi connectivity index (χ1n) is 6.49. The molecule has 0 saturated carbocycles. The predicted molar refractivity (Wildman–Crippen MR) is 75.9 cm³/mol. The van der Waals surface area contributed by atoms with Crippen LogP contribution in [0.4, 0.5) is 0 Å². The van der Waals surface area contributed by atoms with E-state index in [-0.39, 0.29) is 10.9 Å². The first-order valence-corrected chi connectivity index (χ1v) is 9.05. The summed E-state index contributed by atoms with van der Waals surface area (Å²) in [7, 11) is -3.47. The van der Waals surface area contributed by atoms with Crippen LogP contribution in [0.2, 0.25) is 0 Å².